The van der Waals surface area contributed by atoms with Crippen molar-refractivity contribution in [3.63, 3.8) is 0 Å². The third-order valence-corrected chi connectivity index (χ3v) is 2.83. The molecule has 2 aliphatic heterocycles. The number of hydrogen-bond acceptors (Lipinski definition) is 5. The highest BCUT2D eigenvalue weighted by atomic mass is 16.5. The van der Waals surface area contributed by atoms with Crippen LogP contribution in [0, 0.1) is 0 Å². The van der Waals surface area contributed by atoms with Crippen molar-refractivity contribution in [2.24, 2.45) is 9.98 Å². The number of nitrogens with zero attached hydrogens (tertiary/aromatic N) is 3. The highest BCUT2D eigenvalue weighted by Gasteiger charge is 2.19. The standard InChI is InChI=1S/C13H15N3O2/c1-8-6-17-12(15-8)10-3-4-11(14-5-10)13-16-9(2)7-18-13/h3-5,8-9H,6-7H2,1-2H3/t8-,9-/m0/s1. The Labute approximate surface area is 106 Å². The number of ether oxygens (including phenoxy) is 2. The van der Waals surface area contributed by atoms with Crippen LogP contribution in [-0.2, 0) is 9.47 Å². The SMILES string of the molecule is C[C@H]1COC(c2ccc(C3=N[C@@H](C)CO3)nc2)=N1. The van der Waals surface area contributed by atoms with Crippen molar-refractivity contribution in [3.05, 3.63) is 29.6 Å². The van der Waals surface area contributed by atoms with Crippen molar-refractivity contribution in [2.45, 2.75) is 25.9 Å². The van der Waals surface area contributed by atoms with E-state index in [2.05, 4.69) is 15.0 Å². The lowest BCUT2D eigenvalue weighted by molar-refractivity contribution is 0.322. The highest BCUT2D eigenvalue weighted by molar-refractivity contribution is 5.97. The minimum atomic E-state index is 0.213. The molecular weight excluding hydrogens is 230 g/mol. The lowest BCUT2D eigenvalue weighted by Crippen LogP contribution is -2.07. The van der Waals surface area contributed by atoms with Crippen molar-refractivity contribution in [1.29, 1.82) is 0 Å². The van der Waals surface area contributed by atoms with E-state index in [1.54, 1.807) is 6.20 Å². The van der Waals surface area contributed by atoms with Gasteiger partial charge in [0.15, 0.2) is 0 Å². The number of aliphatic imine (C=N–C) groups is 2. The predicted molar refractivity (Wildman–Crippen MR) is 68.1 cm³/mol. The quantitative estimate of drug-likeness (QED) is 0.791. The summed E-state index contributed by atoms with van der Waals surface area (Å²) in [7, 11) is 0. The van der Waals surface area contributed by atoms with Crippen molar-refractivity contribution in [3.8, 4) is 0 Å². The number of rotatable bonds is 2. The molecular formula is C13H15N3O2. The summed E-state index contributed by atoms with van der Waals surface area (Å²) in [6.07, 6.45) is 1.75. The van der Waals surface area contributed by atoms with Gasteiger partial charge in [-0.1, -0.05) is 0 Å². The molecule has 2 aliphatic rings. The molecule has 18 heavy (non-hydrogen) atoms. The summed E-state index contributed by atoms with van der Waals surface area (Å²) >= 11 is 0. The van der Waals surface area contributed by atoms with E-state index in [9.17, 15) is 0 Å². The van der Waals surface area contributed by atoms with Gasteiger partial charge in [0.1, 0.15) is 18.9 Å². The molecule has 0 saturated heterocycles. The minimum absolute atomic E-state index is 0.213. The summed E-state index contributed by atoms with van der Waals surface area (Å²) in [5.74, 6) is 1.29. The van der Waals surface area contributed by atoms with Crippen LogP contribution in [0.1, 0.15) is 25.1 Å². The van der Waals surface area contributed by atoms with E-state index < -0.39 is 0 Å². The second kappa shape index (κ2) is 4.40. The Bertz CT molecular complexity index is 460. The van der Waals surface area contributed by atoms with Crippen molar-refractivity contribution >= 4 is 11.8 Å². The molecule has 0 aliphatic carbocycles. The smallest absolute Gasteiger partial charge is 0.235 e. The number of pyridine rings is 1. The zero-order valence-electron chi connectivity index (χ0n) is 10.5. The molecule has 3 rings (SSSR count). The van der Waals surface area contributed by atoms with E-state index in [0.717, 1.165) is 11.3 Å². The molecule has 0 fully saturated rings. The fraction of sp³-hybridized carbons (Fsp3) is 0.462. The van der Waals surface area contributed by atoms with Gasteiger partial charge in [-0.3, -0.25) is 4.98 Å². The number of aromatic nitrogens is 1. The zero-order chi connectivity index (χ0) is 12.5. The van der Waals surface area contributed by atoms with E-state index in [-0.39, 0.29) is 12.1 Å². The summed E-state index contributed by atoms with van der Waals surface area (Å²) in [5, 5.41) is 0. The van der Waals surface area contributed by atoms with Crippen LogP contribution in [-0.4, -0.2) is 42.1 Å². The largest absolute Gasteiger partial charge is 0.475 e. The average Bonchev–Trinajstić information content (AvgIpc) is 2.98. The van der Waals surface area contributed by atoms with Gasteiger partial charge in [0.2, 0.25) is 11.8 Å². The molecule has 2 atom stereocenters. The third kappa shape index (κ3) is 2.08. The summed E-state index contributed by atoms with van der Waals surface area (Å²) < 4.78 is 10.9. The van der Waals surface area contributed by atoms with Gasteiger partial charge < -0.3 is 9.47 Å². The van der Waals surface area contributed by atoms with E-state index >= 15 is 0 Å². The molecule has 3 heterocycles. The molecule has 0 aromatic carbocycles. The second-order valence-electron chi connectivity index (χ2n) is 4.62. The van der Waals surface area contributed by atoms with Crippen molar-refractivity contribution in [2.75, 3.05) is 13.2 Å². The van der Waals surface area contributed by atoms with E-state index in [0.29, 0.717) is 25.0 Å². The van der Waals surface area contributed by atoms with Crippen LogP contribution in [0.5, 0.6) is 0 Å². The maximum Gasteiger partial charge on any atom is 0.235 e. The number of hydrogen-bond donors (Lipinski definition) is 0. The van der Waals surface area contributed by atoms with Gasteiger partial charge in [0.05, 0.1) is 17.6 Å². The van der Waals surface area contributed by atoms with Gasteiger partial charge in [0.25, 0.3) is 0 Å². The molecule has 0 radical (unpaired) electrons. The summed E-state index contributed by atoms with van der Waals surface area (Å²) in [6, 6.07) is 4.27. The maximum atomic E-state index is 5.48. The predicted octanol–water partition coefficient (Wildman–Crippen LogP) is 1.41. The first kappa shape index (κ1) is 11.2. The summed E-state index contributed by atoms with van der Waals surface area (Å²) in [4.78, 5) is 13.1. The lowest BCUT2D eigenvalue weighted by atomic mass is 10.2. The Hall–Kier alpha value is -1.91. The summed E-state index contributed by atoms with van der Waals surface area (Å²) in [6.45, 7) is 5.32. The molecule has 1 aromatic rings. The van der Waals surface area contributed by atoms with Crippen LogP contribution >= 0.6 is 0 Å². The molecule has 5 heteroatoms. The van der Waals surface area contributed by atoms with Gasteiger partial charge in [0, 0.05) is 6.20 Å². The molecule has 0 bridgehead atoms. The van der Waals surface area contributed by atoms with Gasteiger partial charge in [-0.15, -0.1) is 0 Å². The third-order valence-electron chi connectivity index (χ3n) is 2.83. The van der Waals surface area contributed by atoms with E-state index in [1.807, 2.05) is 26.0 Å². The van der Waals surface area contributed by atoms with Crippen LogP contribution < -0.4 is 0 Å². The van der Waals surface area contributed by atoms with E-state index in [1.165, 1.54) is 0 Å². The van der Waals surface area contributed by atoms with Gasteiger partial charge >= 0.3 is 0 Å². The van der Waals surface area contributed by atoms with Crippen LogP contribution in [0.25, 0.3) is 0 Å². The Morgan fingerprint density at radius 2 is 1.67 bits per heavy atom. The van der Waals surface area contributed by atoms with Crippen LogP contribution in [0.4, 0.5) is 0 Å². The van der Waals surface area contributed by atoms with Crippen molar-refractivity contribution in [1.82, 2.24) is 4.98 Å². The molecule has 0 unspecified atom stereocenters. The maximum absolute atomic E-state index is 5.48. The van der Waals surface area contributed by atoms with E-state index in [4.69, 9.17) is 9.47 Å². The topological polar surface area (TPSA) is 56.1 Å². The Morgan fingerprint density at radius 3 is 2.17 bits per heavy atom. The molecule has 5 nitrogen and oxygen atoms in total. The van der Waals surface area contributed by atoms with Crippen molar-refractivity contribution < 1.29 is 9.47 Å². The first-order chi connectivity index (χ1) is 8.72. The monoisotopic (exact) mass is 245 g/mol. The Morgan fingerprint density at radius 1 is 1.00 bits per heavy atom. The van der Waals surface area contributed by atoms with Crippen LogP contribution in [0.15, 0.2) is 28.3 Å². The van der Waals surface area contributed by atoms with Gasteiger partial charge in [-0.25, -0.2) is 9.98 Å². The zero-order valence-corrected chi connectivity index (χ0v) is 10.5. The van der Waals surface area contributed by atoms with Crippen LogP contribution in [0.3, 0.4) is 0 Å². The normalized spacial score (nSPS) is 26.3. The minimum Gasteiger partial charge on any atom is -0.475 e. The first-order valence-electron chi connectivity index (χ1n) is 6.10. The Balaban J connectivity index is 1.81. The highest BCUT2D eigenvalue weighted by Crippen LogP contribution is 2.14. The summed E-state index contributed by atoms with van der Waals surface area (Å²) in [5.41, 5.74) is 1.66. The fourth-order valence-electron chi connectivity index (χ4n) is 1.89. The molecule has 0 N–H and O–H groups in total. The van der Waals surface area contributed by atoms with Gasteiger partial charge in [-0.05, 0) is 26.0 Å². The van der Waals surface area contributed by atoms with Crippen LogP contribution in [0.2, 0.25) is 0 Å². The average molecular weight is 245 g/mol. The molecule has 0 saturated carbocycles. The lowest BCUT2D eigenvalue weighted by Gasteiger charge is -2.03. The second-order valence-corrected chi connectivity index (χ2v) is 4.62. The molecule has 0 spiro atoms. The fourth-order valence-corrected chi connectivity index (χ4v) is 1.89. The first-order valence-corrected chi connectivity index (χ1v) is 6.10. The molecule has 0 amide bonds. The molecule has 94 valence electrons. The molecule has 1 aromatic heterocycles. The van der Waals surface area contributed by atoms with Gasteiger partial charge in [-0.2, -0.15) is 0 Å². The Kier molecular flexibility index (Phi) is 2.74.